The minimum atomic E-state index is -2.70. The van der Waals surface area contributed by atoms with Gasteiger partial charge >= 0.3 is 0 Å². The lowest BCUT2D eigenvalue weighted by Crippen LogP contribution is -2.60. The molecule has 51 heavy (non-hydrogen) atoms. The number of rotatable bonds is 6. The van der Waals surface area contributed by atoms with Crippen molar-refractivity contribution in [2.75, 3.05) is 16.4 Å². The van der Waals surface area contributed by atoms with Crippen LogP contribution in [-0.2, 0) is 19.2 Å². The quantitative estimate of drug-likeness (QED) is 0.0736. The van der Waals surface area contributed by atoms with E-state index in [1.807, 2.05) is 0 Å². The molecule has 0 unspecified atom stereocenters. The number of imide groups is 2. The summed E-state index contributed by atoms with van der Waals surface area (Å²) in [6.45, 7) is 5.39. The zero-order valence-corrected chi connectivity index (χ0v) is 27.9. The van der Waals surface area contributed by atoms with Crippen molar-refractivity contribution in [3.8, 4) is 11.5 Å². The molecule has 3 aromatic rings. The Balaban J connectivity index is 1.43. The monoisotopic (exact) mass is 746 g/mol. The second-order valence-electron chi connectivity index (χ2n) is 12.7. The van der Waals surface area contributed by atoms with E-state index in [0.717, 1.165) is 10.5 Å². The molecule has 1 saturated carbocycles. The molecule has 2 heterocycles. The summed E-state index contributed by atoms with van der Waals surface area (Å²) in [5.41, 5.74) is -0.525. The Bertz CT molecular complexity index is 2100. The van der Waals surface area contributed by atoms with Gasteiger partial charge in [0.15, 0.2) is 44.5 Å². The Morgan fingerprint density at radius 1 is 0.882 bits per heavy atom. The fraction of sp³-hybridized carbons (Fsp3) is 0.278. The van der Waals surface area contributed by atoms with Crippen LogP contribution in [0.3, 0.4) is 0 Å². The highest BCUT2D eigenvalue weighted by molar-refractivity contribution is 6.58. The van der Waals surface area contributed by atoms with Gasteiger partial charge < -0.3 is 9.84 Å². The lowest BCUT2D eigenvalue weighted by atomic mass is 9.56. The van der Waals surface area contributed by atoms with Gasteiger partial charge in [-0.15, -0.1) is 23.2 Å². The summed E-state index contributed by atoms with van der Waals surface area (Å²) < 4.78 is 79.0. The summed E-state index contributed by atoms with van der Waals surface area (Å²) in [6, 6.07) is 10.2. The fourth-order valence-corrected chi connectivity index (χ4v) is 8.87. The van der Waals surface area contributed by atoms with Gasteiger partial charge in [0.1, 0.15) is 5.69 Å². The van der Waals surface area contributed by atoms with Crippen LogP contribution in [0.25, 0.3) is 6.08 Å². The van der Waals surface area contributed by atoms with Gasteiger partial charge in [0, 0.05) is 5.92 Å². The molecule has 6 atom stereocenters. The first-order valence-electron chi connectivity index (χ1n) is 15.7. The first-order chi connectivity index (χ1) is 24.1. The Labute approximate surface area is 296 Å². The molecular formula is C36H25Cl2F5N2O6. The molecule has 15 heteroatoms. The zero-order valence-electron chi connectivity index (χ0n) is 26.4. The Kier molecular flexibility index (Phi) is 8.10. The standard InChI is InChI=1S/C36H25Cl2F5N2O6/c1-3-15-5-8-17(9-6-15)44-31(47)19-11-10-18-20(23(19)32(44)48)14-35(37)33(49)45(30-28(42)26(40)25(39)27(41)29(30)43)34(50)36(35,38)24(18)16-7-12-21(46)22(13-16)51-4-2/h3,5-10,12-13,19-20,23-24,46H,1,4,11,14H2,2H3/t19-,20+,23-,24-,35+,36-/m0/s1. The summed E-state index contributed by atoms with van der Waals surface area (Å²) in [7, 11) is 0. The van der Waals surface area contributed by atoms with Crippen LogP contribution in [0, 0.1) is 46.8 Å². The van der Waals surface area contributed by atoms with E-state index < -0.39 is 98.2 Å². The second-order valence-corrected chi connectivity index (χ2v) is 13.9. The average molecular weight is 748 g/mol. The molecule has 0 radical (unpaired) electrons. The number of ether oxygens (including phenoxy) is 1. The second kappa shape index (κ2) is 11.9. The van der Waals surface area contributed by atoms with E-state index in [4.69, 9.17) is 27.9 Å². The van der Waals surface area contributed by atoms with Gasteiger partial charge in [0.2, 0.25) is 17.6 Å². The number of phenolic OH excluding ortho intramolecular Hbond substituents is 1. The number of alkyl halides is 2. The van der Waals surface area contributed by atoms with Crippen LogP contribution in [0.2, 0.25) is 0 Å². The van der Waals surface area contributed by atoms with Crippen LogP contribution in [-0.4, -0.2) is 45.1 Å². The SMILES string of the molecule is C=Cc1ccc(N2C(=O)[C@H]3[C@H](CC=C4[C@H]3C[C@@]3(Cl)C(=O)N(c5c(F)c(F)c(F)c(F)c5F)C(=O)[C@@]3(Cl)[C@H]4c3ccc(O)c(OCC)c3)C2=O)cc1. The number of carbonyl (C=O) groups is 4. The zero-order chi connectivity index (χ0) is 36.9. The number of aromatic hydroxyl groups is 1. The van der Waals surface area contributed by atoms with Gasteiger partial charge in [0.25, 0.3) is 11.8 Å². The molecule has 4 amide bonds. The third-order valence-electron chi connectivity index (χ3n) is 10.2. The predicted molar refractivity (Wildman–Crippen MR) is 175 cm³/mol. The van der Waals surface area contributed by atoms with Gasteiger partial charge in [-0.2, -0.15) is 0 Å². The molecule has 8 nitrogen and oxygen atoms in total. The average Bonchev–Trinajstić information content (AvgIpc) is 3.45. The minimum Gasteiger partial charge on any atom is -0.504 e. The molecule has 0 aromatic heterocycles. The summed E-state index contributed by atoms with van der Waals surface area (Å²) in [5.74, 6) is -21.8. The smallest absolute Gasteiger partial charge is 0.258 e. The minimum absolute atomic E-state index is 0.0268. The molecular weight excluding hydrogens is 722 g/mol. The van der Waals surface area contributed by atoms with Crippen molar-refractivity contribution in [3.63, 3.8) is 0 Å². The molecule has 1 N–H and O–H groups in total. The van der Waals surface area contributed by atoms with E-state index in [2.05, 4.69) is 6.58 Å². The maximum atomic E-state index is 15.2. The van der Waals surface area contributed by atoms with Gasteiger partial charge in [-0.1, -0.05) is 42.5 Å². The number of amides is 4. The van der Waals surface area contributed by atoms with Crippen molar-refractivity contribution in [1.82, 2.24) is 0 Å². The Hall–Kier alpha value is -4.75. The Morgan fingerprint density at radius 3 is 2.12 bits per heavy atom. The highest BCUT2D eigenvalue weighted by atomic mass is 35.5. The lowest BCUT2D eigenvalue weighted by molar-refractivity contribution is -0.125. The topological polar surface area (TPSA) is 104 Å². The van der Waals surface area contributed by atoms with Crippen molar-refractivity contribution >= 4 is 64.3 Å². The first kappa shape index (κ1) is 34.7. The Morgan fingerprint density at radius 2 is 1.51 bits per heavy atom. The number of benzene rings is 3. The van der Waals surface area contributed by atoms with Crippen molar-refractivity contribution in [2.24, 2.45) is 17.8 Å². The number of nitrogens with zero attached hydrogens (tertiary/aromatic N) is 2. The van der Waals surface area contributed by atoms with E-state index in [-0.39, 0.29) is 46.3 Å². The molecule has 2 aliphatic carbocycles. The van der Waals surface area contributed by atoms with E-state index in [0.29, 0.717) is 0 Å². The molecule has 0 spiro atoms. The number of phenols is 1. The number of carbonyl (C=O) groups excluding carboxylic acids is 4. The molecule has 2 saturated heterocycles. The molecule has 2 aliphatic heterocycles. The summed E-state index contributed by atoms with van der Waals surface area (Å²) in [5, 5.41) is 10.5. The van der Waals surface area contributed by atoms with Gasteiger partial charge in [-0.25, -0.2) is 26.9 Å². The van der Waals surface area contributed by atoms with Crippen molar-refractivity contribution < 1.29 is 51.0 Å². The number of allylic oxidation sites excluding steroid dienone is 2. The van der Waals surface area contributed by atoms with Crippen LogP contribution in [0.5, 0.6) is 11.5 Å². The van der Waals surface area contributed by atoms with Crippen LogP contribution in [0.4, 0.5) is 33.3 Å². The van der Waals surface area contributed by atoms with Crippen molar-refractivity contribution in [3.05, 3.63) is 101 Å². The predicted octanol–water partition coefficient (Wildman–Crippen LogP) is 6.90. The highest BCUT2D eigenvalue weighted by Gasteiger charge is 2.77. The van der Waals surface area contributed by atoms with Gasteiger partial charge in [0.05, 0.1) is 24.1 Å². The summed E-state index contributed by atoms with van der Waals surface area (Å²) in [4.78, 5) is 52.2. The summed E-state index contributed by atoms with van der Waals surface area (Å²) in [6.07, 6.45) is 2.49. The number of anilines is 2. The third-order valence-corrected chi connectivity index (χ3v) is 11.6. The number of fused-ring (bicyclic) bond motifs is 4. The molecule has 7 rings (SSSR count). The van der Waals surface area contributed by atoms with Crippen LogP contribution in [0.15, 0.2) is 60.7 Å². The van der Waals surface area contributed by atoms with E-state index >= 15 is 8.78 Å². The molecule has 3 fully saturated rings. The number of halogens is 7. The van der Waals surface area contributed by atoms with Crippen LogP contribution < -0.4 is 14.5 Å². The molecule has 264 valence electrons. The van der Waals surface area contributed by atoms with Crippen molar-refractivity contribution in [2.45, 2.75) is 35.4 Å². The first-order valence-corrected chi connectivity index (χ1v) is 16.4. The van der Waals surface area contributed by atoms with E-state index in [1.54, 1.807) is 43.3 Å². The number of hydrogen-bond donors (Lipinski definition) is 1. The van der Waals surface area contributed by atoms with Gasteiger partial charge in [-0.05, 0) is 61.1 Å². The highest BCUT2D eigenvalue weighted by Crippen LogP contribution is 2.66. The molecule has 3 aromatic carbocycles. The maximum Gasteiger partial charge on any atom is 0.258 e. The molecule has 0 bridgehead atoms. The van der Waals surface area contributed by atoms with Crippen molar-refractivity contribution in [1.29, 1.82) is 0 Å². The maximum absolute atomic E-state index is 15.2. The normalized spacial score (nSPS) is 28.4. The summed E-state index contributed by atoms with van der Waals surface area (Å²) >= 11 is 14.3. The fourth-order valence-electron chi connectivity index (χ4n) is 7.94. The number of hydrogen-bond acceptors (Lipinski definition) is 6. The van der Waals surface area contributed by atoms with E-state index in [1.165, 1.54) is 18.2 Å². The molecule has 4 aliphatic rings. The van der Waals surface area contributed by atoms with Crippen LogP contribution in [0.1, 0.15) is 36.8 Å². The van der Waals surface area contributed by atoms with Gasteiger partial charge in [-0.3, -0.25) is 24.1 Å². The lowest BCUT2D eigenvalue weighted by Gasteiger charge is -2.50. The largest absolute Gasteiger partial charge is 0.504 e. The van der Waals surface area contributed by atoms with Crippen LogP contribution >= 0.6 is 23.2 Å². The van der Waals surface area contributed by atoms with E-state index in [9.17, 15) is 37.5 Å². The third kappa shape index (κ3) is 4.56.